The predicted octanol–water partition coefficient (Wildman–Crippen LogP) is 4.85. The standard InChI is InChI=1S/C26H33N3O3S/c1-33(30,31)24-8-9-25-21(17-24)11-16-29(25)26-10-7-23(18-27-26)32-22-12-14-28(15-13-22)19-20-5-3-2-4-6-20/h7-11,16-18,20,22H,2-6,12-15,19H2,1H3. The molecular formula is C26H33N3O3S. The molecule has 0 atom stereocenters. The van der Waals surface area contributed by atoms with Gasteiger partial charge in [0.05, 0.1) is 16.6 Å². The Balaban J connectivity index is 1.19. The van der Waals surface area contributed by atoms with E-state index in [1.165, 1.54) is 44.9 Å². The van der Waals surface area contributed by atoms with Gasteiger partial charge in [0.25, 0.3) is 0 Å². The fourth-order valence-corrected chi connectivity index (χ4v) is 5.93. The summed E-state index contributed by atoms with van der Waals surface area (Å²) in [5.74, 6) is 2.49. The molecule has 2 fully saturated rings. The molecule has 0 bridgehead atoms. The highest BCUT2D eigenvalue weighted by molar-refractivity contribution is 7.90. The summed E-state index contributed by atoms with van der Waals surface area (Å²) in [5.41, 5.74) is 0.925. The Morgan fingerprint density at radius 3 is 2.48 bits per heavy atom. The Hall–Kier alpha value is -2.38. The van der Waals surface area contributed by atoms with Gasteiger partial charge in [0.15, 0.2) is 9.84 Å². The van der Waals surface area contributed by atoms with Crippen molar-refractivity contribution >= 4 is 20.7 Å². The van der Waals surface area contributed by atoms with Crippen LogP contribution in [0.25, 0.3) is 16.7 Å². The second kappa shape index (κ2) is 9.47. The van der Waals surface area contributed by atoms with Gasteiger partial charge in [-0.3, -0.25) is 0 Å². The van der Waals surface area contributed by atoms with Gasteiger partial charge in [0.2, 0.25) is 0 Å². The van der Waals surface area contributed by atoms with E-state index in [2.05, 4.69) is 9.88 Å². The first-order valence-corrected chi connectivity index (χ1v) is 14.0. The number of likely N-dealkylation sites (tertiary alicyclic amines) is 1. The van der Waals surface area contributed by atoms with Gasteiger partial charge in [-0.2, -0.15) is 0 Å². The highest BCUT2D eigenvalue weighted by atomic mass is 32.2. The molecule has 1 saturated carbocycles. The lowest BCUT2D eigenvalue weighted by atomic mass is 9.88. The SMILES string of the molecule is CS(=O)(=O)c1ccc2c(ccn2-c2ccc(OC3CCN(CC4CCCCC4)CC3)cn2)c1. The molecule has 0 amide bonds. The van der Waals surface area contributed by atoms with Gasteiger partial charge in [-0.25, -0.2) is 13.4 Å². The molecule has 1 aromatic carbocycles. The minimum atomic E-state index is -3.23. The smallest absolute Gasteiger partial charge is 0.175 e. The monoisotopic (exact) mass is 467 g/mol. The van der Waals surface area contributed by atoms with Crippen LogP contribution >= 0.6 is 0 Å². The number of ether oxygens (including phenoxy) is 1. The van der Waals surface area contributed by atoms with Crippen LogP contribution in [0, 0.1) is 5.92 Å². The van der Waals surface area contributed by atoms with Crippen LogP contribution in [-0.2, 0) is 9.84 Å². The molecule has 33 heavy (non-hydrogen) atoms. The summed E-state index contributed by atoms with van der Waals surface area (Å²) in [4.78, 5) is 7.57. The Kier molecular flexibility index (Phi) is 6.43. The summed E-state index contributed by atoms with van der Waals surface area (Å²) < 4.78 is 31.9. The van der Waals surface area contributed by atoms with E-state index < -0.39 is 9.84 Å². The van der Waals surface area contributed by atoms with Crippen LogP contribution < -0.4 is 4.74 Å². The molecule has 1 aliphatic heterocycles. The van der Waals surface area contributed by atoms with Gasteiger partial charge in [-0.1, -0.05) is 19.3 Å². The van der Waals surface area contributed by atoms with Gasteiger partial charge < -0.3 is 14.2 Å². The fraction of sp³-hybridized carbons (Fsp3) is 0.500. The quantitative estimate of drug-likeness (QED) is 0.518. The molecule has 5 rings (SSSR count). The molecule has 0 N–H and O–H groups in total. The molecule has 2 aliphatic rings. The maximum absolute atomic E-state index is 11.8. The number of fused-ring (bicyclic) bond motifs is 1. The van der Waals surface area contributed by atoms with Gasteiger partial charge in [0, 0.05) is 37.5 Å². The molecule has 1 aliphatic carbocycles. The molecule has 2 aromatic heterocycles. The van der Waals surface area contributed by atoms with Crippen LogP contribution in [0.5, 0.6) is 5.75 Å². The summed E-state index contributed by atoms with van der Waals surface area (Å²) in [6, 6.07) is 11.0. The maximum Gasteiger partial charge on any atom is 0.175 e. The van der Waals surface area contributed by atoms with Gasteiger partial charge in [0.1, 0.15) is 17.7 Å². The molecule has 6 nitrogen and oxygen atoms in total. The Bertz CT molecular complexity index is 1190. The second-order valence-electron chi connectivity index (χ2n) is 9.65. The van der Waals surface area contributed by atoms with E-state index in [4.69, 9.17) is 4.74 Å². The van der Waals surface area contributed by atoms with E-state index in [9.17, 15) is 8.42 Å². The number of hydrogen-bond acceptors (Lipinski definition) is 5. The van der Waals surface area contributed by atoms with Crippen LogP contribution in [0.3, 0.4) is 0 Å². The Labute approximate surface area is 196 Å². The number of aromatic nitrogens is 2. The zero-order valence-corrected chi connectivity index (χ0v) is 20.1. The lowest BCUT2D eigenvalue weighted by Gasteiger charge is -2.35. The lowest BCUT2D eigenvalue weighted by molar-refractivity contribution is 0.0861. The van der Waals surface area contributed by atoms with Crippen molar-refractivity contribution in [2.45, 2.75) is 55.9 Å². The van der Waals surface area contributed by atoms with Crippen molar-refractivity contribution in [3.8, 4) is 11.6 Å². The van der Waals surface area contributed by atoms with Gasteiger partial charge in [-0.15, -0.1) is 0 Å². The average Bonchev–Trinajstić information content (AvgIpc) is 3.24. The van der Waals surface area contributed by atoms with Gasteiger partial charge in [-0.05, 0) is 68.0 Å². The third-order valence-electron chi connectivity index (χ3n) is 7.14. The fourth-order valence-electron chi connectivity index (χ4n) is 5.27. The molecule has 0 spiro atoms. The van der Waals surface area contributed by atoms with Crippen LogP contribution in [0.4, 0.5) is 0 Å². The Morgan fingerprint density at radius 1 is 1.00 bits per heavy atom. The van der Waals surface area contributed by atoms with E-state index in [1.54, 1.807) is 18.3 Å². The molecule has 3 aromatic rings. The van der Waals surface area contributed by atoms with Crippen molar-refractivity contribution < 1.29 is 13.2 Å². The molecule has 3 heterocycles. The third kappa shape index (κ3) is 5.25. The third-order valence-corrected chi connectivity index (χ3v) is 8.25. The summed E-state index contributed by atoms with van der Waals surface area (Å²) in [6.07, 6.45) is 14.4. The summed E-state index contributed by atoms with van der Waals surface area (Å²) in [6.45, 7) is 3.51. The van der Waals surface area contributed by atoms with Crippen LogP contribution in [0.15, 0.2) is 53.7 Å². The molecule has 0 radical (unpaired) electrons. The zero-order chi connectivity index (χ0) is 22.8. The van der Waals surface area contributed by atoms with Crippen molar-refractivity contribution in [2.24, 2.45) is 5.92 Å². The summed E-state index contributed by atoms with van der Waals surface area (Å²) in [7, 11) is -3.23. The predicted molar refractivity (Wildman–Crippen MR) is 131 cm³/mol. The number of rotatable bonds is 6. The molecule has 0 unspecified atom stereocenters. The number of pyridine rings is 1. The van der Waals surface area contributed by atoms with E-state index in [0.29, 0.717) is 4.90 Å². The largest absolute Gasteiger partial charge is 0.489 e. The number of piperidine rings is 1. The van der Waals surface area contributed by atoms with Crippen molar-refractivity contribution in [3.63, 3.8) is 0 Å². The number of nitrogens with zero attached hydrogens (tertiary/aromatic N) is 3. The summed E-state index contributed by atoms with van der Waals surface area (Å²) in [5, 5.41) is 0.875. The van der Waals surface area contributed by atoms with Crippen molar-refractivity contribution in [3.05, 3.63) is 48.8 Å². The van der Waals surface area contributed by atoms with Crippen molar-refractivity contribution in [1.29, 1.82) is 0 Å². The first-order chi connectivity index (χ1) is 16.0. The minimum absolute atomic E-state index is 0.252. The molecule has 7 heteroatoms. The van der Waals surface area contributed by atoms with Crippen LogP contribution in [0.1, 0.15) is 44.9 Å². The highest BCUT2D eigenvalue weighted by Crippen LogP contribution is 2.27. The molecular weight excluding hydrogens is 434 g/mol. The topological polar surface area (TPSA) is 64.4 Å². The Morgan fingerprint density at radius 2 is 1.79 bits per heavy atom. The minimum Gasteiger partial charge on any atom is -0.489 e. The first-order valence-electron chi connectivity index (χ1n) is 12.1. The lowest BCUT2D eigenvalue weighted by Crippen LogP contribution is -2.40. The number of benzene rings is 1. The second-order valence-corrected chi connectivity index (χ2v) is 11.7. The van der Waals surface area contributed by atoms with Crippen molar-refractivity contribution in [1.82, 2.24) is 14.5 Å². The van der Waals surface area contributed by atoms with Crippen LogP contribution in [-0.4, -0.2) is 54.9 Å². The number of sulfone groups is 1. The molecule has 176 valence electrons. The highest BCUT2D eigenvalue weighted by Gasteiger charge is 2.24. The normalized spacial score (nSPS) is 19.2. The number of hydrogen-bond donors (Lipinski definition) is 0. The zero-order valence-electron chi connectivity index (χ0n) is 19.3. The van der Waals surface area contributed by atoms with Crippen LogP contribution in [0.2, 0.25) is 0 Å². The maximum atomic E-state index is 11.8. The van der Waals surface area contributed by atoms with E-state index in [-0.39, 0.29) is 6.10 Å². The molecule has 1 saturated heterocycles. The van der Waals surface area contributed by atoms with Gasteiger partial charge >= 0.3 is 0 Å². The average molecular weight is 468 g/mol. The van der Waals surface area contributed by atoms with E-state index >= 15 is 0 Å². The summed E-state index contributed by atoms with van der Waals surface area (Å²) >= 11 is 0. The first kappa shape index (κ1) is 22.4. The van der Waals surface area contributed by atoms with E-state index in [1.807, 2.05) is 35.0 Å². The van der Waals surface area contributed by atoms with Crippen molar-refractivity contribution in [2.75, 3.05) is 25.9 Å². The van der Waals surface area contributed by atoms with E-state index in [0.717, 1.165) is 54.3 Å².